The van der Waals surface area contributed by atoms with Crippen LogP contribution in [0.15, 0.2) is 29.4 Å². The van der Waals surface area contributed by atoms with Crippen molar-refractivity contribution in [1.29, 1.82) is 0 Å². The highest BCUT2D eigenvalue weighted by atomic mass is 32.2. The third-order valence-electron chi connectivity index (χ3n) is 2.74. The maximum atomic E-state index is 11.5. The Bertz CT molecular complexity index is 618. The molecule has 9 nitrogen and oxygen atoms in total. The smallest absolute Gasteiger partial charge is 0.305 e. The van der Waals surface area contributed by atoms with Gasteiger partial charge in [-0.1, -0.05) is 0 Å². The first-order valence-electron chi connectivity index (χ1n) is 6.16. The van der Waals surface area contributed by atoms with Gasteiger partial charge in [0.05, 0.1) is 22.8 Å². The molecule has 1 aliphatic rings. The number of benzene rings is 1. The van der Waals surface area contributed by atoms with Crippen molar-refractivity contribution in [3.8, 4) is 0 Å². The summed E-state index contributed by atoms with van der Waals surface area (Å²) >= 11 is 1.13. The number of rotatable bonds is 6. The molecule has 0 aliphatic carbocycles. The molecule has 1 amide bonds. The second-order valence-corrected chi connectivity index (χ2v) is 5.66. The zero-order valence-corrected chi connectivity index (χ0v) is 11.9. The molecule has 0 radical (unpaired) electrons. The summed E-state index contributed by atoms with van der Waals surface area (Å²) in [5.74, 6) is -1.39. The SMILES string of the molecule is O=C(O)C[C@@H]1S[C@H](N/N=C\c2ccc([N+](=O)[O-])cc2)NC1=O. The molecule has 10 heteroatoms. The van der Waals surface area contributed by atoms with Crippen LogP contribution >= 0.6 is 11.8 Å². The van der Waals surface area contributed by atoms with E-state index in [0.717, 1.165) is 11.8 Å². The molecule has 0 saturated carbocycles. The zero-order valence-electron chi connectivity index (χ0n) is 11.1. The minimum absolute atomic E-state index is 0.0137. The van der Waals surface area contributed by atoms with Crippen molar-refractivity contribution < 1.29 is 19.6 Å². The fraction of sp³-hybridized carbons (Fsp3) is 0.250. The largest absolute Gasteiger partial charge is 0.481 e. The van der Waals surface area contributed by atoms with E-state index in [2.05, 4.69) is 15.8 Å². The molecule has 1 aromatic carbocycles. The molecule has 0 aromatic heterocycles. The van der Waals surface area contributed by atoms with E-state index in [1.807, 2.05) is 0 Å². The number of aliphatic carboxylic acids is 1. The van der Waals surface area contributed by atoms with Gasteiger partial charge in [-0.15, -0.1) is 11.8 Å². The Balaban J connectivity index is 1.86. The molecule has 1 fully saturated rings. The number of carbonyl (C=O) groups is 2. The number of non-ortho nitro benzene ring substituents is 1. The Morgan fingerprint density at radius 1 is 1.50 bits per heavy atom. The van der Waals surface area contributed by atoms with Crippen LogP contribution in [0.2, 0.25) is 0 Å². The molecule has 0 unspecified atom stereocenters. The van der Waals surface area contributed by atoms with Gasteiger partial charge in [-0.2, -0.15) is 5.10 Å². The van der Waals surface area contributed by atoms with Crippen molar-refractivity contribution in [3.63, 3.8) is 0 Å². The number of carboxylic acid groups (broad SMARTS) is 1. The maximum Gasteiger partial charge on any atom is 0.305 e. The number of hydrogen-bond donors (Lipinski definition) is 3. The van der Waals surface area contributed by atoms with Gasteiger partial charge >= 0.3 is 5.97 Å². The normalized spacial score (nSPS) is 20.8. The summed E-state index contributed by atoms with van der Waals surface area (Å²) in [6, 6.07) is 5.79. The van der Waals surface area contributed by atoms with E-state index in [-0.39, 0.29) is 18.0 Å². The lowest BCUT2D eigenvalue weighted by Crippen LogP contribution is -2.35. The molecule has 3 N–H and O–H groups in total. The maximum absolute atomic E-state index is 11.5. The van der Waals surface area contributed by atoms with Crippen molar-refractivity contribution in [2.24, 2.45) is 5.10 Å². The van der Waals surface area contributed by atoms with Crippen LogP contribution in [0.25, 0.3) is 0 Å². The number of hydrogen-bond acceptors (Lipinski definition) is 7. The zero-order chi connectivity index (χ0) is 16.1. The van der Waals surface area contributed by atoms with Crippen LogP contribution in [-0.4, -0.2) is 38.9 Å². The molecule has 0 bridgehead atoms. The van der Waals surface area contributed by atoms with E-state index in [1.165, 1.54) is 30.5 Å². The Morgan fingerprint density at radius 2 is 2.18 bits per heavy atom. The van der Waals surface area contributed by atoms with Crippen molar-refractivity contribution in [2.45, 2.75) is 17.2 Å². The monoisotopic (exact) mass is 324 g/mol. The van der Waals surface area contributed by atoms with E-state index < -0.39 is 21.6 Å². The predicted molar refractivity (Wildman–Crippen MR) is 79.4 cm³/mol. The number of thioether (sulfide) groups is 1. The molecular weight excluding hydrogens is 312 g/mol. The summed E-state index contributed by atoms with van der Waals surface area (Å²) in [6.45, 7) is 0. The van der Waals surface area contributed by atoms with Gasteiger partial charge in [-0.05, 0) is 17.7 Å². The van der Waals surface area contributed by atoms with Gasteiger partial charge in [-0.3, -0.25) is 25.1 Å². The fourth-order valence-electron chi connectivity index (χ4n) is 1.71. The number of nitro benzene ring substituents is 1. The topological polar surface area (TPSA) is 134 Å². The quantitative estimate of drug-likeness (QED) is 0.394. The molecular formula is C12H12N4O5S. The minimum atomic E-state index is -1.04. The lowest BCUT2D eigenvalue weighted by molar-refractivity contribution is -0.384. The van der Waals surface area contributed by atoms with Crippen molar-refractivity contribution in [2.75, 3.05) is 0 Å². The molecule has 1 heterocycles. The predicted octanol–water partition coefficient (Wildman–Crippen LogP) is 0.508. The number of nitrogens with one attached hydrogen (secondary N) is 2. The van der Waals surface area contributed by atoms with Crippen LogP contribution in [0.1, 0.15) is 12.0 Å². The standard InChI is InChI=1S/C12H12N4O5S/c17-10(18)5-9-11(19)14-12(22-9)15-13-6-7-1-3-8(4-2-7)16(20)21/h1-4,6,9,12,15H,5H2,(H,14,19)(H,17,18)/b13-6-/t9-,12-/m0/s1. The summed E-state index contributed by atoms with van der Waals surface area (Å²) < 4.78 is 0. The summed E-state index contributed by atoms with van der Waals surface area (Å²) in [4.78, 5) is 32.1. The summed E-state index contributed by atoms with van der Waals surface area (Å²) in [5, 5.41) is 25.0. The number of carboxylic acids is 1. The van der Waals surface area contributed by atoms with Crippen LogP contribution in [-0.2, 0) is 9.59 Å². The molecule has 1 aliphatic heterocycles. The number of carbonyl (C=O) groups excluding carboxylic acids is 1. The molecule has 1 saturated heterocycles. The highest BCUT2D eigenvalue weighted by molar-refractivity contribution is 8.01. The van der Waals surface area contributed by atoms with Gasteiger partial charge < -0.3 is 10.4 Å². The lowest BCUT2D eigenvalue weighted by Gasteiger charge is -2.07. The molecule has 22 heavy (non-hydrogen) atoms. The molecule has 1 aromatic rings. The van der Waals surface area contributed by atoms with Crippen LogP contribution in [0.4, 0.5) is 5.69 Å². The van der Waals surface area contributed by atoms with Crippen LogP contribution < -0.4 is 10.7 Å². The van der Waals surface area contributed by atoms with E-state index in [0.29, 0.717) is 5.56 Å². The average Bonchev–Trinajstić information content (AvgIpc) is 2.79. The van der Waals surface area contributed by atoms with E-state index >= 15 is 0 Å². The van der Waals surface area contributed by atoms with E-state index in [9.17, 15) is 19.7 Å². The number of nitrogens with zero attached hydrogens (tertiary/aromatic N) is 2. The Hall–Kier alpha value is -2.62. The summed E-state index contributed by atoms with van der Waals surface area (Å²) in [7, 11) is 0. The Labute approximate surface area is 128 Å². The number of hydrazone groups is 1. The average molecular weight is 324 g/mol. The first kappa shape index (κ1) is 15.8. The van der Waals surface area contributed by atoms with Crippen LogP contribution in [0.5, 0.6) is 0 Å². The third kappa shape index (κ3) is 4.19. The fourth-order valence-corrected chi connectivity index (χ4v) is 2.77. The van der Waals surface area contributed by atoms with Gasteiger partial charge in [0.1, 0.15) is 0 Å². The Morgan fingerprint density at radius 3 is 2.77 bits per heavy atom. The van der Waals surface area contributed by atoms with Gasteiger partial charge in [-0.25, -0.2) is 0 Å². The molecule has 2 atom stereocenters. The van der Waals surface area contributed by atoms with Crippen molar-refractivity contribution in [1.82, 2.24) is 10.7 Å². The van der Waals surface area contributed by atoms with Crippen molar-refractivity contribution >= 4 is 35.5 Å². The molecule has 116 valence electrons. The van der Waals surface area contributed by atoms with Gasteiger partial charge in [0.25, 0.3) is 5.69 Å². The van der Waals surface area contributed by atoms with Gasteiger partial charge in [0, 0.05) is 12.1 Å². The minimum Gasteiger partial charge on any atom is -0.481 e. The van der Waals surface area contributed by atoms with Crippen LogP contribution in [0.3, 0.4) is 0 Å². The second-order valence-electron chi connectivity index (χ2n) is 4.35. The van der Waals surface area contributed by atoms with Crippen LogP contribution in [0, 0.1) is 10.1 Å². The highest BCUT2D eigenvalue weighted by Crippen LogP contribution is 2.24. The van der Waals surface area contributed by atoms with E-state index in [4.69, 9.17) is 5.11 Å². The second kappa shape index (κ2) is 6.89. The Kier molecular flexibility index (Phi) is 4.94. The third-order valence-corrected chi connectivity index (χ3v) is 3.94. The molecule has 0 spiro atoms. The first-order chi connectivity index (χ1) is 10.5. The van der Waals surface area contributed by atoms with Gasteiger partial charge in [0.2, 0.25) is 5.91 Å². The van der Waals surface area contributed by atoms with E-state index in [1.54, 1.807) is 0 Å². The molecule has 2 rings (SSSR count). The summed E-state index contributed by atoms with van der Waals surface area (Å²) in [5.41, 5.74) is 2.80. The first-order valence-corrected chi connectivity index (χ1v) is 7.10. The van der Waals surface area contributed by atoms with Crippen molar-refractivity contribution in [3.05, 3.63) is 39.9 Å². The summed E-state index contributed by atoms with van der Waals surface area (Å²) in [6.07, 6.45) is 1.20. The lowest BCUT2D eigenvalue weighted by atomic mass is 10.2. The number of nitro groups is 1. The van der Waals surface area contributed by atoms with Gasteiger partial charge in [0.15, 0.2) is 5.50 Å². The number of amides is 1. The highest BCUT2D eigenvalue weighted by Gasteiger charge is 2.33.